The van der Waals surface area contributed by atoms with Crippen LogP contribution in [0.3, 0.4) is 0 Å². The fourth-order valence-corrected chi connectivity index (χ4v) is 6.61. The molecule has 1 aliphatic carbocycles. The minimum absolute atomic E-state index is 0.0371. The molecule has 4 aromatic rings. The van der Waals surface area contributed by atoms with Crippen molar-refractivity contribution < 1.29 is 13.2 Å². The summed E-state index contributed by atoms with van der Waals surface area (Å²) in [6, 6.07) is 11.0. The van der Waals surface area contributed by atoms with E-state index < -0.39 is 32.6 Å². The van der Waals surface area contributed by atoms with E-state index in [1.54, 1.807) is 18.2 Å². The van der Waals surface area contributed by atoms with E-state index in [9.17, 15) is 22.8 Å². The number of nitrogens with one attached hydrogen (secondary N) is 2. The lowest BCUT2D eigenvalue weighted by Gasteiger charge is -2.09. The number of carbonyl (C=O) groups is 1. The first kappa shape index (κ1) is 24.4. The van der Waals surface area contributed by atoms with E-state index >= 15 is 0 Å². The lowest BCUT2D eigenvalue weighted by Crippen LogP contribution is -2.34. The molecule has 1 aromatic carbocycles. The number of halogens is 1. The minimum Gasteiger partial charge on any atom is -0.385 e. The van der Waals surface area contributed by atoms with Crippen LogP contribution in [-0.2, 0) is 21.1 Å². The number of carbonyl (C=O) groups excluding carboxylic acids is 1. The SMILES string of the molecule is O=C(Cc1ccc(-n2c(=O)[nH]c3cc(NCC4CC4)ccc3c2=O)nc1)CS(=O)(=O)c1ccc(Cl)s1. The van der Waals surface area contributed by atoms with Gasteiger partial charge in [-0.1, -0.05) is 17.7 Å². The molecule has 2 N–H and O–H groups in total. The molecule has 9 nitrogen and oxygen atoms in total. The van der Waals surface area contributed by atoms with Gasteiger partial charge in [-0.3, -0.25) is 9.59 Å². The molecule has 1 fully saturated rings. The summed E-state index contributed by atoms with van der Waals surface area (Å²) in [6.07, 6.45) is 3.62. The van der Waals surface area contributed by atoms with Gasteiger partial charge < -0.3 is 10.3 Å². The zero-order valence-electron chi connectivity index (χ0n) is 18.9. The van der Waals surface area contributed by atoms with Crippen molar-refractivity contribution in [3.05, 3.63) is 79.4 Å². The van der Waals surface area contributed by atoms with Crippen molar-refractivity contribution in [1.82, 2.24) is 14.5 Å². The Labute approximate surface area is 214 Å². The van der Waals surface area contributed by atoms with Gasteiger partial charge in [-0.15, -0.1) is 11.3 Å². The highest BCUT2D eigenvalue weighted by atomic mass is 35.5. The summed E-state index contributed by atoms with van der Waals surface area (Å²) in [5.41, 5.74) is 0.569. The van der Waals surface area contributed by atoms with Crippen LogP contribution in [0.5, 0.6) is 0 Å². The first-order valence-corrected chi connectivity index (χ1v) is 14.0. The van der Waals surface area contributed by atoms with Gasteiger partial charge in [0.1, 0.15) is 15.8 Å². The zero-order valence-corrected chi connectivity index (χ0v) is 21.3. The fourth-order valence-electron chi connectivity index (χ4n) is 3.80. The van der Waals surface area contributed by atoms with Crippen molar-refractivity contribution in [3.63, 3.8) is 0 Å². The number of nitrogens with zero attached hydrogens (tertiary/aromatic N) is 2. The summed E-state index contributed by atoms with van der Waals surface area (Å²) in [5.74, 6) is -0.397. The number of ketones is 1. The number of hydrogen-bond donors (Lipinski definition) is 2. The molecule has 36 heavy (non-hydrogen) atoms. The van der Waals surface area contributed by atoms with E-state index in [0.29, 0.717) is 26.7 Å². The molecule has 0 saturated heterocycles. The lowest BCUT2D eigenvalue weighted by molar-refractivity contribution is -0.116. The van der Waals surface area contributed by atoms with Gasteiger partial charge in [0, 0.05) is 24.8 Å². The monoisotopic (exact) mass is 544 g/mol. The summed E-state index contributed by atoms with van der Waals surface area (Å²) in [4.78, 5) is 45.0. The first-order valence-electron chi connectivity index (χ1n) is 11.2. The van der Waals surface area contributed by atoms with Gasteiger partial charge in [-0.05, 0) is 60.7 Å². The Morgan fingerprint density at radius 2 is 1.97 bits per heavy atom. The summed E-state index contributed by atoms with van der Waals surface area (Å²) >= 11 is 6.69. The Bertz CT molecular complexity index is 1690. The molecular weight excluding hydrogens is 524 g/mol. The van der Waals surface area contributed by atoms with Crippen LogP contribution in [0.4, 0.5) is 5.69 Å². The number of rotatable bonds is 9. The van der Waals surface area contributed by atoms with Crippen molar-refractivity contribution >= 4 is 55.1 Å². The number of thiophene rings is 1. The molecule has 0 bridgehead atoms. The Hall–Kier alpha value is -3.28. The second kappa shape index (κ2) is 9.64. The van der Waals surface area contributed by atoms with Gasteiger partial charge in [-0.2, -0.15) is 0 Å². The van der Waals surface area contributed by atoms with Crippen LogP contribution < -0.4 is 16.6 Å². The maximum Gasteiger partial charge on any atom is 0.334 e. The van der Waals surface area contributed by atoms with Crippen LogP contribution in [0.1, 0.15) is 18.4 Å². The van der Waals surface area contributed by atoms with E-state index in [4.69, 9.17) is 11.6 Å². The highest BCUT2D eigenvalue weighted by Crippen LogP contribution is 2.29. The second-order valence-corrected chi connectivity index (χ2v) is 12.6. The Kier molecular flexibility index (Phi) is 6.54. The maximum atomic E-state index is 13.0. The molecule has 0 unspecified atom stereocenters. The quantitative estimate of drug-likeness (QED) is 0.331. The number of hydrogen-bond acceptors (Lipinski definition) is 8. The Morgan fingerprint density at radius 1 is 1.17 bits per heavy atom. The highest BCUT2D eigenvalue weighted by Gasteiger charge is 2.22. The minimum atomic E-state index is -3.78. The van der Waals surface area contributed by atoms with Crippen LogP contribution in [-0.4, -0.2) is 41.0 Å². The molecule has 0 radical (unpaired) electrons. The molecule has 3 aromatic heterocycles. The molecular formula is C24H21ClN4O5S2. The Balaban J connectivity index is 1.33. The van der Waals surface area contributed by atoms with E-state index in [0.717, 1.165) is 28.1 Å². The van der Waals surface area contributed by atoms with Crippen molar-refractivity contribution in [2.45, 2.75) is 23.5 Å². The van der Waals surface area contributed by atoms with Crippen LogP contribution in [0.2, 0.25) is 4.34 Å². The van der Waals surface area contributed by atoms with E-state index in [-0.39, 0.29) is 16.4 Å². The molecule has 0 amide bonds. The van der Waals surface area contributed by atoms with E-state index in [1.807, 2.05) is 0 Å². The Morgan fingerprint density at radius 3 is 2.64 bits per heavy atom. The third kappa shape index (κ3) is 5.28. The summed E-state index contributed by atoms with van der Waals surface area (Å²) in [7, 11) is -3.78. The molecule has 1 aliphatic rings. The number of aromatic amines is 1. The summed E-state index contributed by atoms with van der Waals surface area (Å²) in [5, 5.41) is 3.66. The topological polar surface area (TPSA) is 131 Å². The summed E-state index contributed by atoms with van der Waals surface area (Å²) < 4.78 is 26.1. The highest BCUT2D eigenvalue weighted by molar-refractivity contribution is 7.94. The average molecular weight is 545 g/mol. The van der Waals surface area contributed by atoms with Gasteiger partial charge in [0.2, 0.25) is 0 Å². The van der Waals surface area contributed by atoms with Gasteiger partial charge in [-0.25, -0.2) is 22.8 Å². The number of H-pyrrole nitrogens is 1. The number of Topliss-reactive ketones (excluding diaryl/α,β-unsaturated/α-hetero) is 1. The van der Waals surface area contributed by atoms with Crippen LogP contribution in [0, 0.1) is 5.92 Å². The summed E-state index contributed by atoms with van der Waals surface area (Å²) in [6.45, 7) is 0.861. The average Bonchev–Trinajstić information content (AvgIpc) is 3.55. The zero-order chi connectivity index (χ0) is 25.4. The van der Waals surface area contributed by atoms with E-state index in [2.05, 4.69) is 15.3 Å². The van der Waals surface area contributed by atoms with Gasteiger partial charge in [0.15, 0.2) is 15.6 Å². The molecule has 5 rings (SSSR count). The molecule has 1 saturated carbocycles. The molecule has 0 atom stereocenters. The number of fused-ring (bicyclic) bond motifs is 1. The van der Waals surface area contributed by atoms with Crippen molar-refractivity contribution in [3.8, 4) is 5.82 Å². The molecule has 0 spiro atoms. The smallest absolute Gasteiger partial charge is 0.334 e. The number of pyridine rings is 1. The number of anilines is 1. The molecule has 3 heterocycles. The standard InChI is InChI=1S/C24H21ClN4O5S2/c25-20-6-8-22(35-20)36(33,34)13-17(30)9-15-3-7-21(27-12-15)29-23(31)18-5-4-16(26-11-14-1-2-14)10-19(18)28-24(29)32/h3-8,10,12,14,26H,1-2,9,11,13H2,(H,28,32). The van der Waals surface area contributed by atoms with Gasteiger partial charge >= 0.3 is 5.69 Å². The normalized spacial score (nSPS) is 13.7. The third-order valence-electron chi connectivity index (χ3n) is 5.84. The van der Waals surface area contributed by atoms with Crippen LogP contribution in [0.25, 0.3) is 16.7 Å². The second-order valence-electron chi connectivity index (χ2n) is 8.71. The van der Waals surface area contributed by atoms with E-state index in [1.165, 1.54) is 43.3 Å². The maximum absolute atomic E-state index is 13.0. The third-order valence-corrected chi connectivity index (χ3v) is 9.32. The predicted octanol–water partition coefficient (Wildman–Crippen LogP) is 3.20. The lowest BCUT2D eigenvalue weighted by atomic mass is 10.1. The molecule has 0 aliphatic heterocycles. The van der Waals surface area contributed by atoms with Crippen molar-refractivity contribution in [1.29, 1.82) is 0 Å². The number of benzene rings is 1. The van der Waals surface area contributed by atoms with Gasteiger partial charge in [0.05, 0.1) is 15.2 Å². The predicted molar refractivity (Wildman–Crippen MR) is 139 cm³/mol. The van der Waals surface area contributed by atoms with Crippen molar-refractivity contribution in [2.75, 3.05) is 17.6 Å². The molecule has 12 heteroatoms. The largest absolute Gasteiger partial charge is 0.385 e. The molecule has 186 valence electrons. The fraction of sp³-hybridized carbons (Fsp3) is 0.250. The van der Waals surface area contributed by atoms with Crippen molar-refractivity contribution in [2.24, 2.45) is 5.92 Å². The number of aromatic nitrogens is 3. The first-order chi connectivity index (χ1) is 17.2. The van der Waals surface area contributed by atoms with Crippen LogP contribution >= 0.6 is 22.9 Å². The van der Waals surface area contributed by atoms with Gasteiger partial charge in [0.25, 0.3) is 5.56 Å². The van der Waals surface area contributed by atoms with Crippen LogP contribution in [0.15, 0.2) is 62.5 Å². The number of sulfone groups is 1.